The second kappa shape index (κ2) is 7.60. The molecule has 0 saturated heterocycles. The molecule has 0 bridgehead atoms. The third-order valence-corrected chi connectivity index (χ3v) is 4.66. The Hall–Kier alpha value is -2.82. The highest BCUT2D eigenvalue weighted by molar-refractivity contribution is 6.04. The first-order valence-corrected chi connectivity index (χ1v) is 9.21. The molecule has 0 spiro atoms. The zero-order chi connectivity index (χ0) is 18.7. The van der Waals surface area contributed by atoms with Crippen LogP contribution in [-0.4, -0.2) is 28.4 Å². The summed E-state index contributed by atoms with van der Waals surface area (Å²) in [5.41, 5.74) is 5.30. The summed E-state index contributed by atoms with van der Waals surface area (Å²) in [7, 11) is 0. The molecule has 5 nitrogen and oxygen atoms in total. The highest BCUT2D eigenvalue weighted by atomic mass is 16.2. The van der Waals surface area contributed by atoms with Crippen molar-refractivity contribution in [2.24, 2.45) is 0 Å². The van der Waals surface area contributed by atoms with Crippen LogP contribution in [-0.2, 0) is 6.42 Å². The zero-order valence-corrected chi connectivity index (χ0v) is 15.9. The number of pyridine rings is 1. The molecular formula is C21H26N4O. The van der Waals surface area contributed by atoms with Crippen LogP contribution in [0.15, 0.2) is 42.6 Å². The van der Waals surface area contributed by atoms with Crippen molar-refractivity contribution in [1.29, 1.82) is 0 Å². The smallest absolute Gasteiger partial charge is 0.274 e. The Balaban J connectivity index is 1.87. The maximum absolute atomic E-state index is 12.9. The van der Waals surface area contributed by atoms with E-state index in [9.17, 15) is 4.79 Å². The fourth-order valence-electron chi connectivity index (χ4n) is 3.22. The highest BCUT2D eigenvalue weighted by Crippen LogP contribution is 2.20. The lowest BCUT2D eigenvalue weighted by Gasteiger charge is -2.21. The summed E-state index contributed by atoms with van der Waals surface area (Å²) in [6.45, 7) is 10.2. The molecular weight excluding hydrogens is 324 g/mol. The molecule has 136 valence electrons. The normalized spacial score (nSPS) is 10.9. The lowest BCUT2D eigenvalue weighted by atomic mass is 10.2. The third kappa shape index (κ3) is 3.43. The fourth-order valence-corrected chi connectivity index (χ4v) is 3.22. The molecule has 2 aromatic heterocycles. The Morgan fingerprint density at radius 1 is 1.12 bits per heavy atom. The Labute approximate surface area is 154 Å². The van der Waals surface area contributed by atoms with Crippen LogP contribution in [0.3, 0.4) is 0 Å². The van der Waals surface area contributed by atoms with Crippen molar-refractivity contribution >= 4 is 22.9 Å². The van der Waals surface area contributed by atoms with Gasteiger partial charge in [0.05, 0.1) is 5.69 Å². The average molecular weight is 350 g/mol. The molecule has 2 heterocycles. The first-order valence-electron chi connectivity index (χ1n) is 9.21. The van der Waals surface area contributed by atoms with Crippen molar-refractivity contribution in [3.05, 3.63) is 59.5 Å². The number of hydrogen-bond donors (Lipinski definition) is 1. The van der Waals surface area contributed by atoms with E-state index in [1.54, 1.807) is 0 Å². The van der Waals surface area contributed by atoms with E-state index < -0.39 is 0 Å². The monoisotopic (exact) mass is 350 g/mol. The van der Waals surface area contributed by atoms with Crippen LogP contribution in [0.4, 0.5) is 11.4 Å². The Kier molecular flexibility index (Phi) is 5.26. The van der Waals surface area contributed by atoms with Crippen LogP contribution >= 0.6 is 0 Å². The molecule has 26 heavy (non-hydrogen) atoms. The molecule has 5 heteroatoms. The van der Waals surface area contributed by atoms with E-state index in [4.69, 9.17) is 0 Å². The number of hydrogen-bond acceptors (Lipinski definition) is 3. The second-order valence-corrected chi connectivity index (χ2v) is 6.37. The number of fused-ring (bicyclic) bond motifs is 1. The molecule has 0 atom stereocenters. The molecule has 0 radical (unpaired) electrons. The number of aryl methyl sites for hydroxylation is 2. The quantitative estimate of drug-likeness (QED) is 0.721. The van der Waals surface area contributed by atoms with Gasteiger partial charge >= 0.3 is 0 Å². The van der Waals surface area contributed by atoms with Gasteiger partial charge in [-0.15, -0.1) is 0 Å². The molecule has 0 aliphatic carbocycles. The van der Waals surface area contributed by atoms with E-state index in [-0.39, 0.29) is 5.91 Å². The lowest BCUT2D eigenvalue weighted by Crippen LogP contribution is -2.21. The molecule has 1 N–H and O–H groups in total. The van der Waals surface area contributed by atoms with Gasteiger partial charge in [0.1, 0.15) is 11.3 Å². The topological polar surface area (TPSA) is 49.6 Å². The summed E-state index contributed by atoms with van der Waals surface area (Å²) in [6.07, 6.45) is 2.62. The van der Waals surface area contributed by atoms with Gasteiger partial charge in [-0.1, -0.05) is 6.92 Å². The van der Waals surface area contributed by atoms with Gasteiger partial charge in [0.2, 0.25) is 0 Å². The van der Waals surface area contributed by atoms with Gasteiger partial charge in [0.15, 0.2) is 0 Å². The number of rotatable bonds is 6. The van der Waals surface area contributed by atoms with Crippen LogP contribution in [0.2, 0.25) is 0 Å². The SMILES string of the molecule is CCc1nc2cc(C)ccn2c1C(=O)Nc1ccc(N(CC)CC)cc1. The van der Waals surface area contributed by atoms with Gasteiger partial charge in [-0.05, 0) is 69.2 Å². The molecule has 3 rings (SSSR count). The maximum Gasteiger partial charge on any atom is 0.274 e. The second-order valence-electron chi connectivity index (χ2n) is 6.37. The van der Waals surface area contributed by atoms with Crippen LogP contribution < -0.4 is 10.2 Å². The number of carbonyl (C=O) groups is 1. The van der Waals surface area contributed by atoms with E-state index in [1.165, 1.54) is 0 Å². The van der Waals surface area contributed by atoms with Crippen molar-refractivity contribution in [2.45, 2.75) is 34.1 Å². The predicted octanol–water partition coefficient (Wildman–Crippen LogP) is 4.30. The number of nitrogens with one attached hydrogen (secondary N) is 1. The van der Waals surface area contributed by atoms with Crippen molar-refractivity contribution in [3.8, 4) is 0 Å². The molecule has 0 aliphatic rings. The Bertz CT molecular complexity index is 908. The highest BCUT2D eigenvalue weighted by Gasteiger charge is 2.18. The Morgan fingerprint density at radius 3 is 2.42 bits per heavy atom. The largest absolute Gasteiger partial charge is 0.372 e. The molecule has 0 fully saturated rings. The number of amides is 1. The van der Waals surface area contributed by atoms with E-state index in [0.29, 0.717) is 12.1 Å². The Morgan fingerprint density at radius 2 is 1.81 bits per heavy atom. The van der Waals surface area contributed by atoms with Crippen molar-refractivity contribution < 1.29 is 4.79 Å². The summed E-state index contributed by atoms with van der Waals surface area (Å²) in [5.74, 6) is -0.131. The maximum atomic E-state index is 12.9. The van der Waals surface area contributed by atoms with Gasteiger partial charge in [-0.3, -0.25) is 9.20 Å². The number of nitrogens with zero attached hydrogens (tertiary/aromatic N) is 3. The standard InChI is InChI=1S/C21H26N4O/c1-5-18-20(25-13-12-15(4)14-19(25)23-18)21(26)22-16-8-10-17(11-9-16)24(6-2)7-3/h8-14H,5-7H2,1-4H3,(H,22,26). The number of carbonyl (C=O) groups excluding carboxylic acids is 1. The van der Waals surface area contributed by atoms with Crippen LogP contribution in [0.1, 0.15) is 42.5 Å². The van der Waals surface area contributed by atoms with Crippen LogP contribution in [0.25, 0.3) is 5.65 Å². The third-order valence-electron chi connectivity index (χ3n) is 4.66. The average Bonchev–Trinajstić information content (AvgIpc) is 3.01. The number of imidazole rings is 1. The van der Waals surface area contributed by atoms with Crippen LogP contribution in [0.5, 0.6) is 0 Å². The molecule has 1 amide bonds. The van der Waals surface area contributed by atoms with Gasteiger partial charge in [0.25, 0.3) is 5.91 Å². The molecule has 0 saturated carbocycles. The van der Waals surface area contributed by atoms with Crippen molar-refractivity contribution in [1.82, 2.24) is 9.38 Å². The molecule has 0 unspecified atom stereocenters. The van der Waals surface area contributed by atoms with Crippen LogP contribution in [0, 0.1) is 6.92 Å². The predicted molar refractivity (Wildman–Crippen MR) is 107 cm³/mol. The number of anilines is 2. The van der Waals surface area contributed by atoms with E-state index in [2.05, 4.69) is 29.0 Å². The lowest BCUT2D eigenvalue weighted by molar-refractivity contribution is 0.102. The van der Waals surface area contributed by atoms with Gasteiger partial charge < -0.3 is 10.2 Å². The van der Waals surface area contributed by atoms with Crippen molar-refractivity contribution in [3.63, 3.8) is 0 Å². The van der Waals surface area contributed by atoms with Crippen molar-refractivity contribution in [2.75, 3.05) is 23.3 Å². The minimum atomic E-state index is -0.131. The van der Waals surface area contributed by atoms with Gasteiger partial charge in [-0.25, -0.2) is 4.98 Å². The zero-order valence-electron chi connectivity index (χ0n) is 15.9. The molecule has 1 aromatic carbocycles. The first kappa shape index (κ1) is 18.0. The van der Waals surface area contributed by atoms with E-state index in [1.807, 2.05) is 60.8 Å². The number of benzene rings is 1. The van der Waals surface area contributed by atoms with E-state index in [0.717, 1.165) is 41.4 Å². The minimum Gasteiger partial charge on any atom is -0.372 e. The number of aromatic nitrogens is 2. The first-order chi connectivity index (χ1) is 12.6. The van der Waals surface area contributed by atoms with Gasteiger partial charge in [-0.2, -0.15) is 0 Å². The molecule has 3 aromatic rings. The summed E-state index contributed by atoms with van der Waals surface area (Å²) < 4.78 is 1.87. The fraction of sp³-hybridized carbons (Fsp3) is 0.333. The summed E-state index contributed by atoms with van der Waals surface area (Å²) in [6, 6.07) is 12.0. The molecule has 0 aliphatic heterocycles. The van der Waals surface area contributed by atoms with Gasteiger partial charge in [0, 0.05) is 30.7 Å². The minimum absolute atomic E-state index is 0.131. The summed E-state index contributed by atoms with van der Waals surface area (Å²) in [5, 5.41) is 3.01. The van der Waals surface area contributed by atoms with E-state index >= 15 is 0 Å². The summed E-state index contributed by atoms with van der Waals surface area (Å²) >= 11 is 0. The summed E-state index contributed by atoms with van der Waals surface area (Å²) in [4.78, 5) is 19.8.